The highest BCUT2D eigenvalue weighted by atomic mass is 16.3. The molecule has 0 spiro atoms. The monoisotopic (exact) mass is 168 g/mol. The predicted molar refractivity (Wildman–Crippen MR) is 52.0 cm³/mol. The molecular weight excluding hydrogens is 148 g/mol. The Bertz CT molecular complexity index is 151. The van der Waals surface area contributed by atoms with Crippen molar-refractivity contribution in [3.63, 3.8) is 0 Å². The molecule has 0 heterocycles. The number of hydrogen-bond donors (Lipinski definition) is 1. The van der Waals surface area contributed by atoms with E-state index in [1.807, 2.05) is 0 Å². The molecule has 1 nitrogen and oxygen atoms in total. The molecule has 0 amide bonds. The molecule has 1 N–H and O–H groups in total. The maximum Gasteiger partial charge on any atom is 0.0641 e. The molecule has 2 atom stereocenters. The summed E-state index contributed by atoms with van der Waals surface area (Å²) in [4.78, 5) is 0. The van der Waals surface area contributed by atoms with E-state index in [4.69, 9.17) is 5.11 Å². The molecule has 0 aromatic heterocycles. The zero-order chi connectivity index (χ0) is 8.97. The Labute approximate surface area is 75.5 Å². The van der Waals surface area contributed by atoms with Gasteiger partial charge in [-0.15, -0.1) is 0 Å². The minimum Gasteiger partial charge on any atom is -0.392 e. The third-order valence-corrected chi connectivity index (χ3v) is 3.09. The van der Waals surface area contributed by atoms with E-state index < -0.39 is 0 Å². The average Bonchev–Trinajstić information content (AvgIpc) is 2.28. The van der Waals surface area contributed by atoms with Crippen molar-refractivity contribution in [2.75, 3.05) is 6.61 Å². The van der Waals surface area contributed by atoms with Crippen LogP contribution in [0.1, 0.15) is 39.0 Å². The van der Waals surface area contributed by atoms with E-state index in [1.54, 1.807) is 0 Å². The van der Waals surface area contributed by atoms with Gasteiger partial charge in [0, 0.05) is 0 Å². The molecule has 1 rings (SSSR count). The fraction of sp³-hybridized carbons (Fsp3) is 0.818. The zero-order valence-electron chi connectivity index (χ0n) is 8.05. The van der Waals surface area contributed by atoms with Gasteiger partial charge in [0.15, 0.2) is 0 Å². The van der Waals surface area contributed by atoms with Crippen molar-refractivity contribution >= 4 is 0 Å². The summed E-state index contributed by atoms with van der Waals surface area (Å²) in [5.41, 5.74) is 1.05. The van der Waals surface area contributed by atoms with Gasteiger partial charge < -0.3 is 5.11 Å². The van der Waals surface area contributed by atoms with Crippen LogP contribution in [0, 0.1) is 11.8 Å². The van der Waals surface area contributed by atoms with Crippen molar-refractivity contribution < 1.29 is 5.11 Å². The van der Waals surface area contributed by atoms with E-state index in [0.29, 0.717) is 5.92 Å². The van der Waals surface area contributed by atoms with Crippen molar-refractivity contribution in [2.45, 2.75) is 39.0 Å². The van der Waals surface area contributed by atoms with Gasteiger partial charge >= 0.3 is 0 Å². The standard InChI is InChI=1S/C11H20O/c1-9-6-4-3-5-7-11(9)10(2)8-12/h9,11-12H,2-8H2,1H3/t9-,11-/m1/s1. The highest BCUT2D eigenvalue weighted by molar-refractivity contribution is 5.02. The first kappa shape index (κ1) is 9.79. The van der Waals surface area contributed by atoms with Crippen LogP contribution in [-0.2, 0) is 0 Å². The molecule has 0 radical (unpaired) electrons. The van der Waals surface area contributed by atoms with Crippen LogP contribution in [0.25, 0.3) is 0 Å². The minimum atomic E-state index is 0.176. The van der Waals surface area contributed by atoms with E-state index in [2.05, 4.69) is 13.5 Å². The summed E-state index contributed by atoms with van der Waals surface area (Å²) in [6.45, 7) is 6.40. The summed E-state index contributed by atoms with van der Waals surface area (Å²) < 4.78 is 0. The molecule has 1 heteroatoms. The van der Waals surface area contributed by atoms with Crippen molar-refractivity contribution in [2.24, 2.45) is 11.8 Å². The molecule has 0 aromatic carbocycles. The fourth-order valence-corrected chi connectivity index (χ4v) is 2.22. The van der Waals surface area contributed by atoms with Crippen molar-refractivity contribution in [3.8, 4) is 0 Å². The van der Waals surface area contributed by atoms with Crippen LogP contribution in [0.15, 0.2) is 12.2 Å². The second-order valence-corrected chi connectivity index (χ2v) is 4.04. The lowest BCUT2D eigenvalue weighted by Gasteiger charge is -2.22. The molecule has 0 aliphatic heterocycles. The van der Waals surface area contributed by atoms with Gasteiger partial charge in [0.05, 0.1) is 6.61 Å². The van der Waals surface area contributed by atoms with Crippen LogP contribution < -0.4 is 0 Å². The van der Waals surface area contributed by atoms with E-state index in [1.165, 1.54) is 32.1 Å². The highest BCUT2D eigenvalue weighted by Gasteiger charge is 2.21. The van der Waals surface area contributed by atoms with Gasteiger partial charge in [-0.05, 0) is 23.8 Å². The van der Waals surface area contributed by atoms with Gasteiger partial charge in [0.25, 0.3) is 0 Å². The highest BCUT2D eigenvalue weighted by Crippen LogP contribution is 2.32. The first-order valence-corrected chi connectivity index (χ1v) is 5.04. The quantitative estimate of drug-likeness (QED) is 0.496. The van der Waals surface area contributed by atoms with Gasteiger partial charge in [-0.25, -0.2) is 0 Å². The lowest BCUT2D eigenvalue weighted by molar-refractivity contribution is 0.286. The predicted octanol–water partition coefficient (Wildman–Crippen LogP) is 2.75. The van der Waals surface area contributed by atoms with E-state index in [-0.39, 0.29) is 6.61 Å². The Hall–Kier alpha value is -0.300. The molecule has 0 saturated heterocycles. The van der Waals surface area contributed by atoms with Crippen molar-refractivity contribution in [1.82, 2.24) is 0 Å². The Morgan fingerprint density at radius 3 is 2.67 bits per heavy atom. The van der Waals surface area contributed by atoms with Gasteiger partial charge in [-0.2, -0.15) is 0 Å². The average molecular weight is 168 g/mol. The zero-order valence-corrected chi connectivity index (χ0v) is 8.05. The summed E-state index contributed by atoms with van der Waals surface area (Å²) in [6.07, 6.45) is 6.58. The van der Waals surface area contributed by atoms with Gasteiger partial charge in [-0.1, -0.05) is 39.2 Å². The normalized spacial score (nSPS) is 31.2. The molecule has 70 valence electrons. The molecule has 0 unspecified atom stereocenters. The van der Waals surface area contributed by atoms with Crippen LogP contribution in [0.2, 0.25) is 0 Å². The summed E-state index contributed by atoms with van der Waals surface area (Å²) in [5, 5.41) is 9.00. The van der Waals surface area contributed by atoms with E-state index in [9.17, 15) is 0 Å². The Morgan fingerprint density at radius 1 is 1.33 bits per heavy atom. The summed E-state index contributed by atoms with van der Waals surface area (Å²) >= 11 is 0. The third kappa shape index (κ3) is 2.34. The van der Waals surface area contributed by atoms with Gasteiger partial charge in [0.2, 0.25) is 0 Å². The van der Waals surface area contributed by atoms with Gasteiger partial charge in [-0.3, -0.25) is 0 Å². The molecule has 1 aliphatic carbocycles. The molecule has 1 aliphatic rings. The van der Waals surface area contributed by atoms with Crippen LogP contribution in [0.5, 0.6) is 0 Å². The lowest BCUT2D eigenvalue weighted by Crippen LogP contribution is -2.14. The van der Waals surface area contributed by atoms with Crippen molar-refractivity contribution in [3.05, 3.63) is 12.2 Å². The number of aliphatic hydroxyl groups excluding tert-OH is 1. The lowest BCUT2D eigenvalue weighted by atomic mass is 9.84. The van der Waals surface area contributed by atoms with Crippen LogP contribution in [-0.4, -0.2) is 11.7 Å². The Morgan fingerprint density at radius 2 is 2.00 bits per heavy atom. The number of hydrogen-bond acceptors (Lipinski definition) is 1. The second kappa shape index (κ2) is 4.66. The molecule has 0 bridgehead atoms. The maximum absolute atomic E-state index is 9.00. The molecule has 1 saturated carbocycles. The maximum atomic E-state index is 9.00. The molecule has 12 heavy (non-hydrogen) atoms. The summed E-state index contributed by atoms with van der Waals surface area (Å²) in [6, 6.07) is 0. The summed E-state index contributed by atoms with van der Waals surface area (Å²) in [5.74, 6) is 1.31. The largest absolute Gasteiger partial charge is 0.392 e. The molecule has 1 fully saturated rings. The fourth-order valence-electron chi connectivity index (χ4n) is 2.22. The Balaban J connectivity index is 2.52. The van der Waals surface area contributed by atoms with Crippen LogP contribution >= 0.6 is 0 Å². The number of rotatable bonds is 2. The SMILES string of the molecule is C=C(CO)[C@@H]1CCCCC[C@H]1C. The van der Waals surface area contributed by atoms with Crippen molar-refractivity contribution in [1.29, 1.82) is 0 Å². The van der Waals surface area contributed by atoms with Gasteiger partial charge in [0.1, 0.15) is 0 Å². The first-order chi connectivity index (χ1) is 5.75. The molecule has 0 aromatic rings. The Kier molecular flexibility index (Phi) is 3.80. The van der Waals surface area contributed by atoms with Crippen LogP contribution in [0.4, 0.5) is 0 Å². The topological polar surface area (TPSA) is 20.2 Å². The second-order valence-electron chi connectivity index (χ2n) is 4.04. The summed E-state index contributed by atoms with van der Waals surface area (Å²) in [7, 11) is 0. The first-order valence-electron chi connectivity index (χ1n) is 5.04. The minimum absolute atomic E-state index is 0.176. The smallest absolute Gasteiger partial charge is 0.0641 e. The van der Waals surface area contributed by atoms with E-state index in [0.717, 1.165) is 11.5 Å². The number of aliphatic hydroxyl groups is 1. The van der Waals surface area contributed by atoms with Crippen LogP contribution in [0.3, 0.4) is 0 Å². The molecular formula is C11H20O. The third-order valence-electron chi connectivity index (χ3n) is 3.09. The van der Waals surface area contributed by atoms with E-state index >= 15 is 0 Å².